The molecule has 0 spiro atoms. The molecule has 0 aliphatic carbocycles. The highest BCUT2D eigenvalue weighted by Crippen LogP contribution is 2.26. The first-order valence-electron chi connectivity index (χ1n) is 8.44. The van der Waals surface area contributed by atoms with Crippen molar-refractivity contribution in [1.82, 2.24) is 14.9 Å². The second kappa shape index (κ2) is 6.81. The Hall–Kier alpha value is -2.25. The summed E-state index contributed by atoms with van der Waals surface area (Å²) in [5.74, 6) is 0.0867. The van der Waals surface area contributed by atoms with Crippen molar-refractivity contribution < 1.29 is 4.39 Å². The van der Waals surface area contributed by atoms with Gasteiger partial charge in [-0.3, -0.25) is 4.79 Å². The van der Waals surface area contributed by atoms with Crippen LogP contribution >= 0.6 is 15.9 Å². The van der Waals surface area contributed by atoms with E-state index >= 15 is 0 Å². The number of hydrogen-bond donors (Lipinski definition) is 1. The third kappa shape index (κ3) is 3.24. The molecule has 1 aromatic heterocycles. The van der Waals surface area contributed by atoms with Gasteiger partial charge < -0.3 is 14.8 Å². The van der Waals surface area contributed by atoms with E-state index in [1.54, 1.807) is 6.07 Å². The predicted octanol–water partition coefficient (Wildman–Crippen LogP) is 3.24. The maximum atomic E-state index is 14.7. The van der Waals surface area contributed by atoms with E-state index in [0.717, 1.165) is 36.2 Å². The summed E-state index contributed by atoms with van der Waals surface area (Å²) in [5.41, 5.74) is 1.34. The van der Waals surface area contributed by atoms with Gasteiger partial charge in [-0.25, -0.2) is 9.37 Å². The Bertz CT molecular complexity index is 1010. The molecule has 7 heteroatoms. The van der Waals surface area contributed by atoms with Crippen LogP contribution < -0.4 is 10.5 Å². The Morgan fingerprint density at radius 1 is 1.12 bits per heavy atom. The number of hydrogen-bond acceptors (Lipinski definition) is 4. The first-order chi connectivity index (χ1) is 12.5. The number of piperazine rings is 1. The fraction of sp³-hybridized carbons (Fsp3) is 0.263. The van der Waals surface area contributed by atoms with Gasteiger partial charge >= 0.3 is 0 Å². The van der Waals surface area contributed by atoms with Crippen molar-refractivity contribution >= 4 is 32.5 Å². The second-order valence-corrected chi connectivity index (χ2v) is 7.45. The number of aromatic nitrogens is 2. The number of aromatic amines is 1. The number of anilines is 1. The van der Waals surface area contributed by atoms with Crippen LogP contribution in [0.2, 0.25) is 0 Å². The summed E-state index contributed by atoms with van der Waals surface area (Å²) < 4.78 is 15.6. The zero-order chi connectivity index (χ0) is 18.3. The molecule has 2 aromatic carbocycles. The van der Waals surface area contributed by atoms with Crippen LogP contribution in [0, 0.1) is 5.82 Å². The summed E-state index contributed by atoms with van der Waals surface area (Å²) in [4.78, 5) is 24.0. The molecule has 5 nitrogen and oxygen atoms in total. The number of H-pyrrole nitrogens is 1. The van der Waals surface area contributed by atoms with Crippen LogP contribution in [0.25, 0.3) is 22.3 Å². The zero-order valence-electron chi connectivity index (χ0n) is 14.3. The molecule has 1 saturated heterocycles. The number of nitrogens with one attached hydrogen (secondary N) is 1. The van der Waals surface area contributed by atoms with E-state index in [-0.39, 0.29) is 11.4 Å². The van der Waals surface area contributed by atoms with Gasteiger partial charge in [-0.1, -0.05) is 28.1 Å². The summed E-state index contributed by atoms with van der Waals surface area (Å²) in [6.45, 7) is 3.21. The van der Waals surface area contributed by atoms with Gasteiger partial charge in [0.1, 0.15) is 11.6 Å². The molecule has 134 valence electrons. The third-order valence-corrected chi connectivity index (χ3v) is 5.26. The molecule has 0 bridgehead atoms. The number of nitrogens with zero attached hydrogens (tertiary/aromatic N) is 3. The number of rotatable bonds is 2. The quantitative estimate of drug-likeness (QED) is 0.696. The summed E-state index contributed by atoms with van der Waals surface area (Å²) in [7, 11) is 2.05. The van der Waals surface area contributed by atoms with Gasteiger partial charge in [-0.15, -0.1) is 0 Å². The molecule has 1 N–H and O–H groups in total. The zero-order valence-corrected chi connectivity index (χ0v) is 15.9. The minimum absolute atomic E-state index is 0.261. The van der Waals surface area contributed by atoms with E-state index in [4.69, 9.17) is 0 Å². The van der Waals surface area contributed by atoms with Crippen molar-refractivity contribution in [1.29, 1.82) is 0 Å². The van der Waals surface area contributed by atoms with Gasteiger partial charge in [0.15, 0.2) is 0 Å². The van der Waals surface area contributed by atoms with E-state index in [1.807, 2.05) is 36.2 Å². The number of fused-ring (bicyclic) bond motifs is 1. The molecule has 0 amide bonds. The molecule has 0 atom stereocenters. The molecule has 0 radical (unpaired) electrons. The summed E-state index contributed by atoms with van der Waals surface area (Å²) in [5, 5.41) is 0.404. The molecule has 3 aromatic rings. The lowest BCUT2D eigenvalue weighted by Gasteiger charge is -2.34. The molecule has 1 fully saturated rings. The van der Waals surface area contributed by atoms with E-state index in [1.165, 1.54) is 6.07 Å². The maximum Gasteiger partial charge on any atom is 0.259 e. The predicted molar refractivity (Wildman–Crippen MR) is 105 cm³/mol. The smallest absolute Gasteiger partial charge is 0.259 e. The fourth-order valence-electron chi connectivity index (χ4n) is 3.18. The van der Waals surface area contributed by atoms with Crippen LogP contribution in [-0.4, -0.2) is 48.1 Å². The molecule has 1 aliphatic heterocycles. The lowest BCUT2D eigenvalue weighted by atomic mass is 10.1. The van der Waals surface area contributed by atoms with Crippen molar-refractivity contribution in [3.05, 3.63) is 57.0 Å². The van der Waals surface area contributed by atoms with Crippen LogP contribution in [0.5, 0.6) is 0 Å². The fourth-order valence-corrected chi connectivity index (χ4v) is 3.45. The van der Waals surface area contributed by atoms with Gasteiger partial charge in [-0.05, 0) is 25.2 Å². The van der Waals surface area contributed by atoms with Crippen molar-refractivity contribution in [2.45, 2.75) is 0 Å². The van der Waals surface area contributed by atoms with Crippen molar-refractivity contribution in [3.8, 4) is 11.4 Å². The monoisotopic (exact) mass is 416 g/mol. The van der Waals surface area contributed by atoms with Crippen LogP contribution in [0.4, 0.5) is 10.1 Å². The summed E-state index contributed by atoms with van der Waals surface area (Å²) in [6, 6.07) is 10.4. The molecule has 26 heavy (non-hydrogen) atoms. The first-order valence-corrected chi connectivity index (χ1v) is 9.23. The Balaban J connectivity index is 1.77. The average molecular weight is 417 g/mol. The van der Waals surface area contributed by atoms with Gasteiger partial charge in [-0.2, -0.15) is 0 Å². The molecule has 4 rings (SSSR count). The number of benzene rings is 2. The molecular weight excluding hydrogens is 399 g/mol. The Kier molecular flexibility index (Phi) is 4.50. The topological polar surface area (TPSA) is 52.2 Å². The highest BCUT2D eigenvalue weighted by atomic mass is 79.9. The number of halogens is 2. The van der Waals surface area contributed by atoms with E-state index < -0.39 is 0 Å². The summed E-state index contributed by atoms with van der Waals surface area (Å²) in [6.07, 6.45) is 0. The minimum atomic E-state index is -0.345. The van der Waals surface area contributed by atoms with Crippen molar-refractivity contribution in [2.24, 2.45) is 0 Å². The molecule has 2 heterocycles. The lowest BCUT2D eigenvalue weighted by Crippen LogP contribution is -2.44. The van der Waals surface area contributed by atoms with Crippen LogP contribution in [-0.2, 0) is 0 Å². The van der Waals surface area contributed by atoms with Gasteiger partial charge in [0.05, 0.1) is 16.6 Å². The van der Waals surface area contributed by atoms with Crippen LogP contribution in [0.3, 0.4) is 0 Å². The SMILES string of the molecule is CN1CCN(c2cc3c(=O)[nH]c(-c4ccc(Br)cc4)nc3cc2F)CC1. The Morgan fingerprint density at radius 2 is 1.81 bits per heavy atom. The summed E-state index contributed by atoms with van der Waals surface area (Å²) >= 11 is 3.38. The average Bonchev–Trinajstić information content (AvgIpc) is 2.62. The van der Waals surface area contributed by atoms with Gasteiger partial charge in [0.25, 0.3) is 5.56 Å². The Labute approximate surface area is 158 Å². The third-order valence-electron chi connectivity index (χ3n) is 4.74. The van der Waals surface area contributed by atoms with Crippen molar-refractivity contribution in [2.75, 3.05) is 38.1 Å². The normalized spacial score (nSPS) is 15.6. The second-order valence-electron chi connectivity index (χ2n) is 6.53. The van der Waals surface area contributed by atoms with E-state index in [2.05, 4.69) is 30.8 Å². The van der Waals surface area contributed by atoms with Crippen LogP contribution in [0.15, 0.2) is 45.7 Å². The maximum absolute atomic E-state index is 14.7. The molecule has 0 saturated carbocycles. The molecule has 1 aliphatic rings. The largest absolute Gasteiger partial charge is 0.367 e. The molecular formula is C19H18BrFN4O. The highest BCUT2D eigenvalue weighted by Gasteiger charge is 2.19. The highest BCUT2D eigenvalue weighted by molar-refractivity contribution is 9.10. The van der Waals surface area contributed by atoms with Gasteiger partial charge in [0, 0.05) is 42.3 Å². The number of likely N-dealkylation sites (N-methyl/N-ethyl adjacent to an activating group) is 1. The van der Waals surface area contributed by atoms with E-state index in [0.29, 0.717) is 22.4 Å². The lowest BCUT2D eigenvalue weighted by molar-refractivity contribution is 0.312. The standard InChI is InChI=1S/C19H18BrFN4O/c1-24-6-8-25(9-7-24)17-10-14-16(11-15(17)21)22-18(23-19(14)26)12-2-4-13(20)5-3-12/h2-5,10-11H,6-9H2,1H3,(H,22,23,26). The van der Waals surface area contributed by atoms with E-state index in [9.17, 15) is 9.18 Å². The first kappa shape index (κ1) is 17.2. The van der Waals surface area contributed by atoms with Gasteiger partial charge in [0.2, 0.25) is 0 Å². The molecule has 0 unspecified atom stereocenters. The van der Waals surface area contributed by atoms with Crippen molar-refractivity contribution in [3.63, 3.8) is 0 Å². The Morgan fingerprint density at radius 3 is 2.50 bits per heavy atom. The van der Waals surface area contributed by atoms with Crippen LogP contribution in [0.1, 0.15) is 0 Å². The minimum Gasteiger partial charge on any atom is -0.367 e.